The summed E-state index contributed by atoms with van der Waals surface area (Å²) in [6.07, 6.45) is 2.56. The molecule has 0 spiro atoms. The summed E-state index contributed by atoms with van der Waals surface area (Å²) in [4.78, 5) is 23.6. The predicted octanol–water partition coefficient (Wildman–Crippen LogP) is 3.18. The van der Waals surface area contributed by atoms with Crippen molar-refractivity contribution in [3.05, 3.63) is 59.7 Å². The summed E-state index contributed by atoms with van der Waals surface area (Å²) >= 11 is 0. The topological polar surface area (TPSA) is 83.1 Å². The maximum Gasteiger partial charge on any atom is 0.387 e. The van der Waals surface area contributed by atoms with Crippen LogP contribution in [0, 0.1) is 0 Å². The van der Waals surface area contributed by atoms with Crippen molar-refractivity contribution in [2.24, 2.45) is 0 Å². The molecule has 2 aromatic carbocycles. The molecule has 1 N–H and O–H groups in total. The van der Waals surface area contributed by atoms with Crippen LogP contribution in [-0.4, -0.2) is 39.3 Å². The average molecular weight is 421 g/mol. The van der Waals surface area contributed by atoms with E-state index in [2.05, 4.69) is 10.1 Å². The largest absolute Gasteiger partial charge is 0.493 e. The maximum atomic E-state index is 12.1. The van der Waals surface area contributed by atoms with Crippen LogP contribution in [0.25, 0.3) is 6.08 Å². The minimum absolute atomic E-state index is 0.0101. The van der Waals surface area contributed by atoms with Gasteiger partial charge in [0.15, 0.2) is 18.1 Å². The monoisotopic (exact) mass is 421 g/mol. The van der Waals surface area contributed by atoms with Gasteiger partial charge in [-0.3, -0.25) is 4.79 Å². The van der Waals surface area contributed by atoms with Crippen LogP contribution in [0.2, 0.25) is 0 Å². The van der Waals surface area contributed by atoms with E-state index >= 15 is 0 Å². The van der Waals surface area contributed by atoms with Crippen molar-refractivity contribution in [2.45, 2.75) is 13.2 Å². The number of amides is 1. The van der Waals surface area contributed by atoms with Gasteiger partial charge in [0.25, 0.3) is 5.91 Å². The number of hydrogen-bond donors (Lipinski definition) is 1. The van der Waals surface area contributed by atoms with Gasteiger partial charge in [-0.25, -0.2) is 4.79 Å². The number of methoxy groups -OCH3 is 2. The summed E-state index contributed by atoms with van der Waals surface area (Å²) in [5.74, 6) is -0.0702. The van der Waals surface area contributed by atoms with Crippen molar-refractivity contribution in [1.82, 2.24) is 5.32 Å². The molecule has 0 saturated heterocycles. The number of rotatable bonds is 10. The Morgan fingerprint density at radius 1 is 1.03 bits per heavy atom. The van der Waals surface area contributed by atoms with E-state index in [4.69, 9.17) is 14.2 Å². The van der Waals surface area contributed by atoms with Crippen LogP contribution in [0.3, 0.4) is 0 Å². The normalized spacial score (nSPS) is 10.7. The number of alkyl halides is 2. The van der Waals surface area contributed by atoms with Crippen LogP contribution in [-0.2, 0) is 20.9 Å². The van der Waals surface area contributed by atoms with E-state index in [0.29, 0.717) is 17.1 Å². The number of carbonyl (C=O) groups excluding carboxylic acids is 2. The van der Waals surface area contributed by atoms with Crippen molar-refractivity contribution in [1.29, 1.82) is 0 Å². The fourth-order valence-corrected chi connectivity index (χ4v) is 2.35. The minimum Gasteiger partial charge on any atom is -0.493 e. The first kappa shape index (κ1) is 22.7. The van der Waals surface area contributed by atoms with E-state index in [1.165, 1.54) is 44.6 Å². The molecule has 160 valence electrons. The fourth-order valence-electron chi connectivity index (χ4n) is 2.35. The standard InChI is InChI=1S/C21H21F2NO6/c1-27-17-9-5-15(11-18(17)28-2)12-24-19(25)13-29-20(26)10-6-14-3-7-16(8-4-14)30-21(22)23/h3-11,21H,12-13H2,1-2H3,(H,24,25). The SMILES string of the molecule is COc1ccc(CNC(=O)COC(=O)C=Cc2ccc(OC(F)F)cc2)cc1OC. The van der Waals surface area contributed by atoms with E-state index in [9.17, 15) is 18.4 Å². The van der Waals surface area contributed by atoms with Crippen molar-refractivity contribution < 1.29 is 37.3 Å². The zero-order valence-electron chi connectivity index (χ0n) is 16.4. The lowest BCUT2D eigenvalue weighted by molar-refractivity contribution is -0.143. The lowest BCUT2D eigenvalue weighted by Gasteiger charge is -2.10. The second kappa shape index (κ2) is 11.4. The number of halogens is 2. The Morgan fingerprint density at radius 3 is 2.37 bits per heavy atom. The highest BCUT2D eigenvalue weighted by atomic mass is 19.3. The molecule has 1 amide bonds. The van der Waals surface area contributed by atoms with E-state index in [1.54, 1.807) is 18.2 Å². The first-order chi connectivity index (χ1) is 14.4. The third-order valence-electron chi connectivity index (χ3n) is 3.80. The minimum atomic E-state index is -2.90. The molecule has 30 heavy (non-hydrogen) atoms. The Bertz CT molecular complexity index is 884. The molecular formula is C21H21F2NO6. The highest BCUT2D eigenvalue weighted by Gasteiger charge is 2.08. The number of nitrogens with one attached hydrogen (secondary N) is 1. The Hall–Kier alpha value is -3.62. The molecule has 0 saturated carbocycles. The van der Waals surface area contributed by atoms with E-state index in [1.807, 2.05) is 0 Å². The molecule has 0 heterocycles. The van der Waals surface area contributed by atoms with Crippen molar-refractivity contribution >= 4 is 18.0 Å². The van der Waals surface area contributed by atoms with Gasteiger partial charge in [0, 0.05) is 12.6 Å². The number of ether oxygens (including phenoxy) is 4. The number of esters is 1. The number of carbonyl (C=O) groups is 2. The van der Waals surface area contributed by atoms with Gasteiger partial charge in [-0.2, -0.15) is 8.78 Å². The highest BCUT2D eigenvalue weighted by Crippen LogP contribution is 2.27. The summed E-state index contributed by atoms with van der Waals surface area (Å²) in [5.41, 5.74) is 1.36. The van der Waals surface area contributed by atoms with Gasteiger partial charge in [0.2, 0.25) is 0 Å². The average Bonchev–Trinajstić information content (AvgIpc) is 2.75. The molecule has 0 radical (unpaired) electrons. The summed E-state index contributed by atoms with van der Waals surface area (Å²) in [6, 6.07) is 10.9. The Balaban J connectivity index is 1.76. The summed E-state index contributed by atoms with van der Waals surface area (Å²) in [5, 5.41) is 2.63. The molecule has 0 aliphatic heterocycles. The van der Waals surface area contributed by atoms with E-state index in [-0.39, 0.29) is 12.3 Å². The molecule has 0 aromatic heterocycles. The molecule has 0 fully saturated rings. The van der Waals surface area contributed by atoms with Crippen LogP contribution < -0.4 is 19.5 Å². The lowest BCUT2D eigenvalue weighted by atomic mass is 10.2. The van der Waals surface area contributed by atoms with Crippen molar-refractivity contribution in [2.75, 3.05) is 20.8 Å². The maximum absolute atomic E-state index is 12.1. The predicted molar refractivity (Wildman–Crippen MR) is 104 cm³/mol. The first-order valence-corrected chi connectivity index (χ1v) is 8.78. The molecule has 9 heteroatoms. The molecule has 2 aromatic rings. The van der Waals surface area contributed by atoms with Gasteiger partial charge in [-0.1, -0.05) is 18.2 Å². The quantitative estimate of drug-likeness (QED) is 0.469. The van der Waals surface area contributed by atoms with Crippen LogP contribution in [0.5, 0.6) is 17.2 Å². The molecule has 0 aliphatic carbocycles. The second-order valence-electron chi connectivity index (χ2n) is 5.85. The third kappa shape index (κ3) is 7.42. The van der Waals surface area contributed by atoms with Crippen molar-refractivity contribution in [3.8, 4) is 17.2 Å². The summed E-state index contributed by atoms with van der Waals surface area (Å²) in [7, 11) is 3.04. The third-order valence-corrected chi connectivity index (χ3v) is 3.80. The Morgan fingerprint density at radius 2 is 1.73 bits per heavy atom. The highest BCUT2D eigenvalue weighted by molar-refractivity contribution is 5.89. The molecule has 0 atom stereocenters. The summed E-state index contributed by atoms with van der Waals surface area (Å²) in [6.45, 7) is -3.13. The van der Waals surface area contributed by atoms with Crippen LogP contribution >= 0.6 is 0 Å². The zero-order chi connectivity index (χ0) is 21.9. The van der Waals surface area contributed by atoms with Gasteiger partial charge in [0.1, 0.15) is 5.75 Å². The summed E-state index contributed by atoms with van der Waals surface area (Å²) < 4.78 is 43.6. The van der Waals surface area contributed by atoms with Gasteiger partial charge >= 0.3 is 12.6 Å². The van der Waals surface area contributed by atoms with Gasteiger partial charge < -0.3 is 24.3 Å². The van der Waals surface area contributed by atoms with Gasteiger partial charge in [0.05, 0.1) is 14.2 Å². The fraction of sp³-hybridized carbons (Fsp3) is 0.238. The van der Waals surface area contributed by atoms with Crippen LogP contribution in [0.4, 0.5) is 8.78 Å². The van der Waals surface area contributed by atoms with Crippen molar-refractivity contribution in [3.63, 3.8) is 0 Å². The molecular weight excluding hydrogens is 400 g/mol. The molecule has 0 unspecified atom stereocenters. The molecule has 0 aliphatic rings. The molecule has 2 rings (SSSR count). The number of benzene rings is 2. The van der Waals surface area contributed by atoms with Crippen LogP contribution in [0.1, 0.15) is 11.1 Å². The first-order valence-electron chi connectivity index (χ1n) is 8.78. The molecule has 7 nitrogen and oxygen atoms in total. The Labute approximate surface area is 172 Å². The number of hydrogen-bond acceptors (Lipinski definition) is 6. The smallest absolute Gasteiger partial charge is 0.387 e. The van der Waals surface area contributed by atoms with Gasteiger partial charge in [-0.05, 0) is 41.5 Å². The second-order valence-corrected chi connectivity index (χ2v) is 5.85. The Kier molecular flexibility index (Phi) is 8.61. The molecule has 0 bridgehead atoms. The van der Waals surface area contributed by atoms with E-state index < -0.39 is 25.1 Å². The van der Waals surface area contributed by atoms with Crippen LogP contribution in [0.15, 0.2) is 48.5 Å². The lowest BCUT2D eigenvalue weighted by Crippen LogP contribution is -2.28. The zero-order valence-corrected chi connectivity index (χ0v) is 16.4. The van der Waals surface area contributed by atoms with E-state index in [0.717, 1.165) is 11.6 Å². The van der Waals surface area contributed by atoms with Gasteiger partial charge in [-0.15, -0.1) is 0 Å².